The van der Waals surface area contributed by atoms with Crippen LogP contribution in [0.25, 0.3) is 0 Å². The van der Waals surface area contributed by atoms with E-state index in [0.29, 0.717) is 13.2 Å². The van der Waals surface area contributed by atoms with Gasteiger partial charge in [0.25, 0.3) is 5.91 Å². The maximum atomic E-state index is 11.7. The van der Waals surface area contributed by atoms with E-state index < -0.39 is 0 Å². The smallest absolute Gasteiger partial charge is 0.264 e. The highest BCUT2D eigenvalue weighted by Gasteiger charge is 2.23. The van der Waals surface area contributed by atoms with Gasteiger partial charge in [-0.1, -0.05) is 6.42 Å². The molecule has 0 aliphatic carbocycles. The molecular formula is C10H19N3O2. The highest BCUT2D eigenvalue weighted by Crippen LogP contribution is 2.06. The second-order valence-electron chi connectivity index (χ2n) is 4.09. The van der Waals surface area contributed by atoms with Gasteiger partial charge >= 0.3 is 0 Å². The van der Waals surface area contributed by atoms with E-state index >= 15 is 0 Å². The Kier molecular flexibility index (Phi) is 3.94. The lowest BCUT2D eigenvalue weighted by molar-refractivity contribution is -0.139. The second-order valence-corrected chi connectivity index (χ2v) is 4.09. The maximum absolute atomic E-state index is 11.7. The number of amides is 1. The van der Waals surface area contributed by atoms with Crippen molar-refractivity contribution in [2.75, 3.05) is 32.8 Å². The zero-order chi connectivity index (χ0) is 10.5. The van der Waals surface area contributed by atoms with Crippen LogP contribution >= 0.6 is 0 Å². The molecule has 0 bridgehead atoms. The lowest BCUT2D eigenvalue weighted by Crippen LogP contribution is -2.53. The van der Waals surface area contributed by atoms with Crippen LogP contribution in [0, 0.1) is 0 Å². The average molecular weight is 213 g/mol. The number of hydrazine groups is 1. The molecule has 2 aliphatic heterocycles. The summed E-state index contributed by atoms with van der Waals surface area (Å²) in [4.78, 5) is 11.7. The minimum atomic E-state index is -0.319. The van der Waals surface area contributed by atoms with Crippen molar-refractivity contribution >= 4 is 5.91 Å². The third kappa shape index (κ3) is 3.15. The molecule has 0 aromatic heterocycles. The molecule has 15 heavy (non-hydrogen) atoms. The maximum Gasteiger partial charge on any atom is 0.264 e. The Balaban J connectivity index is 1.74. The molecule has 2 heterocycles. The van der Waals surface area contributed by atoms with E-state index in [1.54, 1.807) is 0 Å². The van der Waals surface area contributed by atoms with Crippen LogP contribution < -0.4 is 10.7 Å². The van der Waals surface area contributed by atoms with Gasteiger partial charge in [0.2, 0.25) is 0 Å². The molecule has 86 valence electrons. The Hall–Kier alpha value is -0.650. The largest absolute Gasteiger partial charge is 0.366 e. The number of carbonyl (C=O) groups is 1. The highest BCUT2D eigenvalue weighted by atomic mass is 16.5. The van der Waals surface area contributed by atoms with Crippen LogP contribution in [0.15, 0.2) is 0 Å². The first-order valence-electron chi connectivity index (χ1n) is 5.74. The van der Waals surface area contributed by atoms with E-state index in [0.717, 1.165) is 19.6 Å². The topological polar surface area (TPSA) is 53.6 Å². The summed E-state index contributed by atoms with van der Waals surface area (Å²) in [5.74, 6) is -0.0101. The molecule has 0 aromatic rings. The normalized spacial score (nSPS) is 28.7. The first kappa shape index (κ1) is 10.9. The van der Waals surface area contributed by atoms with Gasteiger partial charge in [0.1, 0.15) is 6.10 Å². The standard InChI is InChI=1S/C10H19N3O2/c14-10(9-8-11-4-7-15-9)12-13-5-2-1-3-6-13/h9,11H,1-8H2,(H,12,14). The number of nitrogens with zero attached hydrogens (tertiary/aromatic N) is 1. The van der Waals surface area contributed by atoms with E-state index in [9.17, 15) is 4.79 Å². The molecule has 0 radical (unpaired) electrons. The summed E-state index contributed by atoms with van der Waals surface area (Å²) >= 11 is 0. The summed E-state index contributed by atoms with van der Waals surface area (Å²) < 4.78 is 5.38. The molecule has 1 atom stereocenters. The lowest BCUT2D eigenvalue weighted by Gasteiger charge is -2.30. The van der Waals surface area contributed by atoms with Crippen molar-refractivity contribution in [2.45, 2.75) is 25.4 Å². The summed E-state index contributed by atoms with van der Waals surface area (Å²) in [5, 5.41) is 5.15. The summed E-state index contributed by atoms with van der Waals surface area (Å²) in [6.07, 6.45) is 3.29. The third-order valence-corrected chi connectivity index (χ3v) is 2.84. The summed E-state index contributed by atoms with van der Waals surface area (Å²) in [5.41, 5.74) is 2.92. The average Bonchev–Trinajstić information content (AvgIpc) is 2.31. The number of rotatable bonds is 2. The molecule has 0 aromatic carbocycles. The van der Waals surface area contributed by atoms with Crippen LogP contribution in [0.5, 0.6) is 0 Å². The van der Waals surface area contributed by atoms with Crippen molar-refractivity contribution in [3.8, 4) is 0 Å². The van der Waals surface area contributed by atoms with Gasteiger partial charge in [0.05, 0.1) is 6.61 Å². The Morgan fingerprint density at radius 2 is 2.13 bits per heavy atom. The quantitative estimate of drug-likeness (QED) is 0.649. The van der Waals surface area contributed by atoms with Gasteiger partial charge in [-0.15, -0.1) is 0 Å². The van der Waals surface area contributed by atoms with Crippen molar-refractivity contribution in [3.63, 3.8) is 0 Å². The van der Waals surface area contributed by atoms with E-state index in [1.807, 2.05) is 5.01 Å². The van der Waals surface area contributed by atoms with Gasteiger partial charge in [-0.3, -0.25) is 10.2 Å². The molecule has 2 rings (SSSR count). The van der Waals surface area contributed by atoms with Crippen molar-refractivity contribution in [2.24, 2.45) is 0 Å². The fraction of sp³-hybridized carbons (Fsp3) is 0.900. The Labute approximate surface area is 90.1 Å². The predicted octanol–water partition coefficient (Wildman–Crippen LogP) is -0.508. The number of nitrogens with one attached hydrogen (secondary N) is 2. The lowest BCUT2D eigenvalue weighted by atomic mass is 10.2. The van der Waals surface area contributed by atoms with Crippen LogP contribution in [-0.2, 0) is 9.53 Å². The number of carbonyl (C=O) groups excluding carboxylic acids is 1. The number of hydrogen-bond acceptors (Lipinski definition) is 4. The molecule has 5 nitrogen and oxygen atoms in total. The Morgan fingerprint density at radius 1 is 1.33 bits per heavy atom. The van der Waals surface area contributed by atoms with Gasteiger partial charge in [-0.05, 0) is 12.8 Å². The molecule has 2 saturated heterocycles. The molecule has 2 aliphatic rings. The summed E-state index contributed by atoms with van der Waals surface area (Å²) in [6.45, 7) is 4.02. The van der Waals surface area contributed by atoms with Gasteiger partial charge in [0, 0.05) is 26.2 Å². The summed E-state index contributed by atoms with van der Waals surface area (Å²) in [7, 11) is 0. The predicted molar refractivity (Wildman–Crippen MR) is 56.2 cm³/mol. The van der Waals surface area contributed by atoms with E-state index in [4.69, 9.17) is 4.74 Å². The van der Waals surface area contributed by atoms with Gasteiger partial charge in [0.15, 0.2) is 0 Å². The SMILES string of the molecule is O=C(NN1CCCCC1)C1CNCCO1. The molecule has 0 spiro atoms. The Morgan fingerprint density at radius 3 is 2.80 bits per heavy atom. The highest BCUT2D eigenvalue weighted by molar-refractivity contribution is 5.80. The fourth-order valence-electron chi connectivity index (χ4n) is 1.97. The van der Waals surface area contributed by atoms with Crippen LogP contribution in [0.4, 0.5) is 0 Å². The minimum Gasteiger partial charge on any atom is -0.366 e. The zero-order valence-electron chi connectivity index (χ0n) is 9.00. The fourth-order valence-corrected chi connectivity index (χ4v) is 1.97. The number of morpholine rings is 1. The van der Waals surface area contributed by atoms with E-state index in [-0.39, 0.29) is 12.0 Å². The minimum absolute atomic E-state index is 0.0101. The third-order valence-electron chi connectivity index (χ3n) is 2.84. The molecule has 0 saturated carbocycles. The first-order chi connectivity index (χ1) is 7.36. The van der Waals surface area contributed by atoms with Crippen molar-refractivity contribution in [3.05, 3.63) is 0 Å². The molecule has 1 unspecified atom stereocenters. The van der Waals surface area contributed by atoms with Crippen LogP contribution in [-0.4, -0.2) is 49.8 Å². The second kappa shape index (κ2) is 5.44. The molecular weight excluding hydrogens is 194 g/mol. The van der Waals surface area contributed by atoms with Gasteiger partial charge < -0.3 is 10.1 Å². The van der Waals surface area contributed by atoms with Gasteiger partial charge in [-0.2, -0.15) is 0 Å². The van der Waals surface area contributed by atoms with Crippen LogP contribution in [0.2, 0.25) is 0 Å². The van der Waals surface area contributed by atoms with E-state index in [2.05, 4.69) is 10.7 Å². The molecule has 2 N–H and O–H groups in total. The van der Waals surface area contributed by atoms with Crippen LogP contribution in [0.3, 0.4) is 0 Å². The monoisotopic (exact) mass is 213 g/mol. The van der Waals surface area contributed by atoms with Crippen molar-refractivity contribution < 1.29 is 9.53 Å². The van der Waals surface area contributed by atoms with E-state index in [1.165, 1.54) is 19.3 Å². The van der Waals surface area contributed by atoms with Crippen LogP contribution in [0.1, 0.15) is 19.3 Å². The van der Waals surface area contributed by atoms with Gasteiger partial charge in [-0.25, -0.2) is 5.01 Å². The number of hydrogen-bond donors (Lipinski definition) is 2. The Bertz CT molecular complexity index is 211. The first-order valence-corrected chi connectivity index (χ1v) is 5.74. The summed E-state index contributed by atoms with van der Waals surface area (Å²) in [6, 6.07) is 0. The van der Waals surface area contributed by atoms with Crippen molar-refractivity contribution in [1.29, 1.82) is 0 Å². The number of ether oxygens (including phenoxy) is 1. The van der Waals surface area contributed by atoms with Crippen molar-refractivity contribution in [1.82, 2.24) is 15.8 Å². The molecule has 1 amide bonds. The molecule has 5 heteroatoms. The zero-order valence-corrected chi connectivity index (χ0v) is 9.00. The molecule has 2 fully saturated rings. The number of piperidine rings is 1.